The summed E-state index contributed by atoms with van der Waals surface area (Å²) in [4.78, 5) is 12.9. The van der Waals surface area contributed by atoms with Crippen LogP contribution in [0.15, 0.2) is 72.9 Å². The van der Waals surface area contributed by atoms with Crippen molar-refractivity contribution < 1.29 is 69.0 Å². The largest absolute Gasteiger partial charge is 0.457 e. The molecule has 392 valence electrons. The molecule has 0 amide bonds. The molecule has 0 aromatic rings. The Bertz CT molecular complexity index is 1400. The monoisotopic (exact) mass is 965 g/mol. The van der Waals surface area contributed by atoms with Crippen LogP contribution in [0.5, 0.6) is 0 Å². The van der Waals surface area contributed by atoms with Crippen molar-refractivity contribution in [3.63, 3.8) is 0 Å². The zero-order valence-electron chi connectivity index (χ0n) is 41.6. The van der Waals surface area contributed by atoms with E-state index in [0.717, 1.165) is 96.3 Å². The second kappa shape index (κ2) is 41.1. The first-order chi connectivity index (χ1) is 33.1. The lowest BCUT2D eigenvalue weighted by Gasteiger charge is -2.42. The molecular formula is C54H92O14. The molecule has 2 rings (SSSR count). The number of unbranched alkanes of at least 4 members (excludes halogenated alkanes) is 14. The molecule has 0 spiro atoms. The zero-order chi connectivity index (χ0) is 49.5. The normalized spacial score (nSPS) is 26.5. The van der Waals surface area contributed by atoms with Crippen LogP contribution in [-0.4, -0.2) is 142 Å². The van der Waals surface area contributed by atoms with E-state index >= 15 is 0 Å². The van der Waals surface area contributed by atoms with Crippen molar-refractivity contribution in [2.75, 3.05) is 33.0 Å². The maximum Gasteiger partial charge on any atom is 0.306 e. The Morgan fingerprint density at radius 1 is 0.500 bits per heavy atom. The van der Waals surface area contributed by atoms with Gasteiger partial charge in [0.25, 0.3) is 0 Å². The third kappa shape index (κ3) is 28.3. The average Bonchev–Trinajstić information content (AvgIpc) is 3.33. The summed E-state index contributed by atoms with van der Waals surface area (Å²) in [5.74, 6) is -0.389. The number of carbonyl (C=O) groups excluding carboxylic acids is 1. The molecule has 2 aliphatic heterocycles. The van der Waals surface area contributed by atoms with Gasteiger partial charge in [0.2, 0.25) is 0 Å². The van der Waals surface area contributed by atoms with Crippen LogP contribution in [0.3, 0.4) is 0 Å². The Hall–Kier alpha value is -2.57. The van der Waals surface area contributed by atoms with Crippen molar-refractivity contribution in [1.82, 2.24) is 0 Å². The molecule has 2 saturated heterocycles. The Kier molecular flexibility index (Phi) is 37.2. The maximum atomic E-state index is 12.9. The van der Waals surface area contributed by atoms with E-state index < -0.39 is 80.7 Å². The SMILES string of the molecule is CC/C=C\C/C=C\C/C=C\C/C=C\C/C=C\C/C=C\CCCCCCCOCC(COC1OC(COC2OC(CO)C(O)C(O)C2O)C(O)C(O)C1O)OC(=O)CCCCCCCCCCCC. The van der Waals surface area contributed by atoms with Crippen molar-refractivity contribution in [2.24, 2.45) is 0 Å². The first-order valence-electron chi connectivity index (χ1n) is 26.0. The molecule has 2 aliphatic rings. The average molecular weight is 965 g/mol. The molecule has 0 aliphatic carbocycles. The predicted molar refractivity (Wildman–Crippen MR) is 265 cm³/mol. The van der Waals surface area contributed by atoms with E-state index in [1.807, 2.05) is 0 Å². The van der Waals surface area contributed by atoms with Crippen molar-refractivity contribution >= 4 is 5.97 Å². The summed E-state index contributed by atoms with van der Waals surface area (Å²) >= 11 is 0. The van der Waals surface area contributed by atoms with E-state index in [4.69, 9.17) is 28.4 Å². The number of aliphatic hydroxyl groups is 7. The summed E-state index contributed by atoms with van der Waals surface area (Å²) in [6.07, 6.45) is 34.0. The predicted octanol–water partition coefficient (Wildman–Crippen LogP) is 7.90. The van der Waals surface area contributed by atoms with E-state index in [0.29, 0.717) is 13.0 Å². The van der Waals surface area contributed by atoms with Gasteiger partial charge in [-0.1, -0.05) is 164 Å². The molecule has 0 aromatic heterocycles. The number of esters is 1. The quantitative estimate of drug-likeness (QED) is 0.0177. The van der Waals surface area contributed by atoms with Crippen molar-refractivity contribution in [1.29, 1.82) is 0 Å². The number of carbonyl (C=O) groups is 1. The molecule has 68 heavy (non-hydrogen) atoms. The topological polar surface area (TPSA) is 214 Å². The van der Waals surface area contributed by atoms with Gasteiger partial charge >= 0.3 is 5.97 Å². The van der Waals surface area contributed by atoms with Crippen LogP contribution >= 0.6 is 0 Å². The standard InChI is InChI=1S/C54H92O14/c1-3-5-7-9-11-13-15-16-17-18-19-20-21-22-23-24-25-26-27-28-30-32-34-36-38-63-40-43(66-46(56)37-35-33-31-29-14-12-10-8-6-4-2)41-64-53-52(62)50(60)48(58)45(68-53)42-65-54-51(61)49(59)47(57)44(39-55)67-54/h5,7,11,13,16-17,19-20,22-23,25-26,43-45,47-55,57-62H,3-4,6,8-10,12,14-15,18,21,24,27-42H2,1-2H3/b7-5-,13-11-,17-16-,20-19-,23-22-,26-25-. The highest BCUT2D eigenvalue weighted by Gasteiger charge is 2.47. The van der Waals surface area contributed by atoms with Crippen molar-refractivity contribution in [3.8, 4) is 0 Å². The second-order valence-electron chi connectivity index (χ2n) is 18.0. The van der Waals surface area contributed by atoms with E-state index in [1.54, 1.807) is 0 Å². The van der Waals surface area contributed by atoms with Gasteiger partial charge in [0.15, 0.2) is 12.6 Å². The Labute approximate surface area is 408 Å². The van der Waals surface area contributed by atoms with Gasteiger partial charge in [0.1, 0.15) is 54.9 Å². The van der Waals surface area contributed by atoms with E-state index in [1.165, 1.54) is 38.5 Å². The summed E-state index contributed by atoms with van der Waals surface area (Å²) in [5, 5.41) is 72.1. The van der Waals surface area contributed by atoms with Crippen LogP contribution in [0, 0.1) is 0 Å². The number of ether oxygens (including phenoxy) is 6. The smallest absolute Gasteiger partial charge is 0.306 e. The van der Waals surface area contributed by atoms with Gasteiger partial charge < -0.3 is 64.2 Å². The second-order valence-corrected chi connectivity index (χ2v) is 18.0. The summed E-state index contributed by atoms with van der Waals surface area (Å²) in [6.45, 7) is 3.49. The molecule has 7 N–H and O–H groups in total. The summed E-state index contributed by atoms with van der Waals surface area (Å²) < 4.78 is 34.2. The molecule has 2 fully saturated rings. The first-order valence-corrected chi connectivity index (χ1v) is 26.0. The molecule has 0 aromatic carbocycles. The van der Waals surface area contributed by atoms with Crippen LogP contribution < -0.4 is 0 Å². The molecule has 14 nitrogen and oxygen atoms in total. The van der Waals surface area contributed by atoms with Crippen LogP contribution in [0.4, 0.5) is 0 Å². The lowest BCUT2D eigenvalue weighted by atomic mass is 9.98. The molecule has 0 saturated carbocycles. The van der Waals surface area contributed by atoms with Gasteiger partial charge in [0.05, 0.1) is 26.4 Å². The van der Waals surface area contributed by atoms with Gasteiger partial charge in [-0.15, -0.1) is 0 Å². The fourth-order valence-electron chi connectivity index (χ4n) is 7.76. The minimum atomic E-state index is -1.71. The van der Waals surface area contributed by atoms with Crippen molar-refractivity contribution in [2.45, 2.75) is 229 Å². The number of rotatable bonds is 40. The number of aliphatic hydroxyl groups excluding tert-OH is 7. The van der Waals surface area contributed by atoms with Gasteiger partial charge in [0, 0.05) is 13.0 Å². The third-order valence-corrected chi connectivity index (χ3v) is 12.0. The van der Waals surface area contributed by atoms with Crippen LogP contribution in [0.2, 0.25) is 0 Å². The lowest BCUT2D eigenvalue weighted by molar-refractivity contribution is -0.332. The van der Waals surface area contributed by atoms with Crippen LogP contribution in [0.1, 0.15) is 162 Å². The molecule has 11 atom stereocenters. The zero-order valence-corrected chi connectivity index (χ0v) is 41.6. The van der Waals surface area contributed by atoms with Gasteiger partial charge in [-0.2, -0.15) is 0 Å². The molecular weight excluding hydrogens is 873 g/mol. The Morgan fingerprint density at radius 3 is 1.50 bits per heavy atom. The van der Waals surface area contributed by atoms with E-state index in [2.05, 4.69) is 86.8 Å². The molecule has 2 heterocycles. The third-order valence-electron chi connectivity index (χ3n) is 12.0. The molecule has 14 heteroatoms. The molecule has 11 unspecified atom stereocenters. The minimum Gasteiger partial charge on any atom is -0.457 e. The van der Waals surface area contributed by atoms with Crippen LogP contribution in [-0.2, 0) is 33.2 Å². The van der Waals surface area contributed by atoms with Crippen LogP contribution in [0.25, 0.3) is 0 Å². The Morgan fingerprint density at radius 2 is 0.956 bits per heavy atom. The van der Waals surface area contributed by atoms with Gasteiger partial charge in [-0.25, -0.2) is 0 Å². The summed E-state index contributed by atoms with van der Waals surface area (Å²) in [6, 6.07) is 0. The highest BCUT2D eigenvalue weighted by molar-refractivity contribution is 5.69. The Balaban J connectivity index is 1.73. The van der Waals surface area contributed by atoms with E-state index in [9.17, 15) is 40.5 Å². The molecule has 0 bridgehead atoms. The molecule has 0 radical (unpaired) electrons. The number of allylic oxidation sites excluding steroid dienone is 12. The fourth-order valence-corrected chi connectivity index (χ4v) is 7.76. The van der Waals surface area contributed by atoms with Gasteiger partial charge in [-0.3, -0.25) is 4.79 Å². The maximum absolute atomic E-state index is 12.9. The summed E-state index contributed by atoms with van der Waals surface area (Å²) in [7, 11) is 0. The fraction of sp³-hybridized carbons (Fsp3) is 0.759. The van der Waals surface area contributed by atoms with Crippen molar-refractivity contribution in [3.05, 3.63) is 72.9 Å². The summed E-state index contributed by atoms with van der Waals surface area (Å²) in [5.41, 5.74) is 0. The lowest BCUT2D eigenvalue weighted by Crippen LogP contribution is -2.61. The minimum absolute atomic E-state index is 0.0457. The first kappa shape index (κ1) is 61.5. The van der Waals surface area contributed by atoms with Gasteiger partial charge in [-0.05, 0) is 64.2 Å². The highest BCUT2D eigenvalue weighted by atomic mass is 16.7. The van der Waals surface area contributed by atoms with E-state index in [-0.39, 0.29) is 25.6 Å². The number of hydrogen-bond donors (Lipinski definition) is 7. The highest BCUT2D eigenvalue weighted by Crippen LogP contribution is 2.26. The number of hydrogen-bond acceptors (Lipinski definition) is 14.